The lowest BCUT2D eigenvalue weighted by Gasteiger charge is -1.94. The summed E-state index contributed by atoms with van der Waals surface area (Å²) >= 11 is 16.2. The Morgan fingerprint density at radius 1 is 1.57 bits per heavy atom. The second kappa shape index (κ2) is 3.78. The fraction of sp³-hybridized carbons (Fsp3) is 0.333. The van der Waals surface area contributed by atoms with Crippen LogP contribution in [0.5, 0.6) is 0 Å². The monoisotopic (exact) mass is 174 g/mol. The molecule has 0 aromatic heterocycles. The molecule has 0 aromatic rings. The summed E-state index contributed by atoms with van der Waals surface area (Å²) in [4.78, 5) is 0. The van der Waals surface area contributed by atoms with E-state index in [-0.39, 0.29) is 0 Å². The molecule has 42 valence electrons. The van der Waals surface area contributed by atoms with Gasteiger partial charge < -0.3 is 0 Å². The normalized spacial score (nSPS) is 9.71. The van der Waals surface area contributed by atoms with Gasteiger partial charge in [0, 0.05) is 5.88 Å². The van der Waals surface area contributed by atoms with Gasteiger partial charge in [0.2, 0.25) is 0 Å². The summed E-state index contributed by atoms with van der Waals surface area (Å²) in [5.41, 5.74) is 0. The highest BCUT2D eigenvalue weighted by Gasteiger charge is 2.03. The third kappa shape index (κ3) is 3.41. The number of alkyl halides is 1. The van der Waals surface area contributed by atoms with Crippen LogP contribution in [0.2, 0.25) is 0 Å². The first-order valence-electron chi connectivity index (χ1n) is 1.70. The van der Waals surface area contributed by atoms with Gasteiger partial charge in [-0.1, -0.05) is 0 Å². The zero-order chi connectivity index (χ0) is 5.86. The molecule has 0 amide bonds. The van der Waals surface area contributed by atoms with Crippen molar-refractivity contribution in [3.8, 4) is 0 Å². The second-order valence-electron chi connectivity index (χ2n) is 1.09. The summed E-state index contributed by atoms with van der Waals surface area (Å²) in [7, 11) is -1.65. The van der Waals surface area contributed by atoms with E-state index in [1.54, 1.807) is 0 Å². The predicted octanol–water partition coefficient (Wildman–Crippen LogP) is 2.02. The average Bonchev–Trinajstić information content (AvgIpc) is 1.65. The van der Waals surface area contributed by atoms with Gasteiger partial charge in [-0.3, -0.25) is 0 Å². The topological polar surface area (TPSA) is 0 Å². The third-order valence-corrected chi connectivity index (χ3v) is 3.76. The predicted molar refractivity (Wildman–Crippen MR) is 38.7 cm³/mol. The van der Waals surface area contributed by atoms with E-state index in [9.17, 15) is 0 Å². The molecule has 0 spiro atoms. The van der Waals surface area contributed by atoms with Gasteiger partial charge in [-0.05, 0) is 5.20 Å². The van der Waals surface area contributed by atoms with Crippen LogP contribution < -0.4 is 0 Å². The number of hydrogen-bond donors (Lipinski definition) is 0. The van der Waals surface area contributed by atoms with Crippen LogP contribution in [0.4, 0.5) is 0 Å². The average molecular weight is 176 g/mol. The lowest BCUT2D eigenvalue weighted by atomic mass is 10.7. The minimum Gasteiger partial charge on any atom is -0.145 e. The molecule has 0 aliphatic heterocycles. The summed E-state index contributed by atoms with van der Waals surface area (Å²) in [5, 5.41) is 0.782. The van der Waals surface area contributed by atoms with E-state index in [0.29, 0.717) is 5.88 Å². The lowest BCUT2D eigenvalue weighted by Crippen LogP contribution is -1.98. The van der Waals surface area contributed by atoms with Gasteiger partial charge in [0.05, 0.1) is 0 Å². The Bertz CT molecular complexity index is 70.6. The number of rotatable bonds is 2. The molecule has 0 aromatic carbocycles. The first kappa shape index (κ1) is 7.83. The molecule has 4 heteroatoms. The van der Waals surface area contributed by atoms with Gasteiger partial charge in [-0.15, -0.1) is 40.3 Å². The Kier molecular flexibility index (Phi) is 4.23. The molecule has 0 atom stereocenters. The molecule has 0 nitrogen and oxygen atoms in total. The molecule has 0 fully saturated rings. The van der Waals surface area contributed by atoms with Crippen LogP contribution in [0.3, 0.4) is 0 Å². The van der Waals surface area contributed by atoms with Gasteiger partial charge in [-0.25, -0.2) is 0 Å². The number of hydrogen-bond acceptors (Lipinski definition) is 0. The molecular weight excluding hydrogens is 170 g/mol. The van der Waals surface area contributed by atoms with Crippen LogP contribution in [-0.2, 0) is 0 Å². The minimum atomic E-state index is -1.65. The molecule has 0 aliphatic rings. The fourth-order valence-corrected chi connectivity index (χ4v) is 1.57. The van der Waals surface area contributed by atoms with Crippen molar-refractivity contribution in [2.24, 2.45) is 0 Å². The SMILES string of the molecule is C=C(CCl)[SiH](Cl)Cl. The zero-order valence-electron chi connectivity index (χ0n) is 3.63. The van der Waals surface area contributed by atoms with Crippen molar-refractivity contribution >= 4 is 41.2 Å². The van der Waals surface area contributed by atoms with Gasteiger partial charge >= 0.3 is 0 Å². The first-order chi connectivity index (χ1) is 3.18. The molecule has 0 heterocycles. The van der Waals surface area contributed by atoms with Gasteiger partial charge in [-0.2, -0.15) is 0 Å². The van der Waals surface area contributed by atoms with E-state index in [2.05, 4.69) is 6.58 Å². The van der Waals surface area contributed by atoms with Crippen LogP contribution in [-0.4, -0.2) is 13.3 Å². The smallest absolute Gasteiger partial charge is 0.145 e. The van der Waals surface area contributed by atoms with E-state index < -0.39 is 7.42 Å². The van der Waals surface area contributed by atoms with Crippen molar-refractivity contribution < 1.29 is 0 Å². The van der Waals surface area contributed by atoms with Gasteiger partial charge in [0.25, 0.3) is 7.42 Å². The van der Waals surface area contributed by atoms with E-state index in [1.807, 2.05) is 0 Å². The maximum absolute atomic E-state index is 5.45. The zero-order valence-corrected chi connectivity index (χ0v) is 7.05. The first-order valence-corrected chi connectivity index (χ1v) is 6.30. The quantitative estimate of drug-likeness (QED) is 0.342. The Morgan fingerprint density at radius 2 is 2.00 bits per heavy atom. The van der Waals surface area contributed by atoms with Crippen molar-refractivity contribution in [1.29, 1.82) is 0 Å². The lowest BCUT2D eigenvalue weighted by molar-refractivity contribution is 1.71. The van der Waals surface area contributed by atoms with E-state index in [1.165, 1.54) is 0 Å². The summed E-state index contributed by atoms with van der Waals surface area (Å²) < 4.78 is 0. The molecule has 0 aliphatic carbocycles. The number of allylic oxidation sites excluding steroid dienone is 1. The molecule has 0 rings (SSSR count). The van der Waals surface area contributed by atoms with Crippen molar-refractivity contribution in [2.75, 3.05) is 5.88 Å². The van der Waals surface area contributed by atoms with Crippen LogP contribution in [0.1, 0.15) is 0 Å². The highest BCUT2D eigenvalue weighted by molar-refractivity contribution is 7.37. The minimum absolute atomic E-state index is 0.393. The molecule has 0 radical (unpaired) electrons. The van der Waals surface area contributed by atoms with Crippen LogP contribution in [0.15, 0.2) is 11.8 Å². The van der Waals surface area contributed by atoms with Crippen molar-refractivity contribution in [2.45, 2.75) is 0 Å². The van der Waals surface area contributed by atoms with Crippen LogP contribution in [0, 0.1) is 0 Å². The molecular formula is C3H5Cl3Si. The maximum atomic E-state index is 5.45. The maximum Gasteiger partial charge on any atom is 0.263 e. The molecule has 0 N–H and O–H groups in total. The Hall–Kier alpha value is 0.827. The van der Waals surface area contributed by atoms with Crippen molar-refractivity contribution in [1.82, 2.24) is 0 Å². The summed E-state index contributed by atoms with van der Waals surface area (Å²) in [6.07, 6.45) is 0. The third-order valence-electron chi connectivity index (χ3n) is 0.480. The highest BCUT2D eigenvalue weighted by Crippen LogP contribution is 2.07. The van der Waals surface area contributed by atoms with E-state index in [0.717, 1.165) is 5.20 Å². The van der Waals surface area contributed by atoms with Gasteiger partial charge in [0.1, 0.15) is 0 Å². The second-order valence-corrected chi connectivity index (χ2v) is 6.07. The van der Waals surface area contributed by atoms with Crippen LogP contribution >= 0.6 is 33.8 Å². The number of halogens is 3. The van der Waals surface area contributed by atoms with Crippen molar-refractivity contribution in [3.05, 3.63) is 11.8 Å². The molecule has 0 bridgehead atoms. The van der Waals surface area contributed by atoms with Crippen molar-refractivity contribution in [3.63, 3.8) is 0 Å². The summed E-state index contributed by atoms with van der Waals surface area (Å²) in [6, 6.07) is 0. The van der Waals surface area contributed by atoms with Gasteiger partial charge in [0.15, 0.2) is 0 Å². The Balaban J connectivity index is 3.35. The molecule has 0 saturated carbocycles. The highest BCUT2D eigenvalue weighted by atomic mass is 35.7. The van der Waals surface area contributed by atoms with E-state index >= 15 is 0 Å². The largest absolute Gasteiger partial charge is 0.263 e. The van der Waals surface area contributed by atoms with Crippen LogP contribution in [0.25, 0.3) is 0 Å². The molecule has 0 saturated heterocycles. The Morgan fingerprint density at radius 3 is 2.00 bits per heavy atom. The summed E-state index contributed by atoms with van der Waals surface area (Å²) in [6.45, 7) is 3.54. The summed E-state index contributed by atoms with van der Waals surface area (Å²) in [5.74, 6) is 0.393. The Labute approximate surface area is 59.1 Å². The molecule has 0 unspecified atom stereocenters. The van der Waals surface area contributed by atoms with E-state index in [4.69, 9.17) is 33.8 Å². The standard InChI is InChI=1S/C3H5Cl3Si/c1-3(2-4)7(5)6/h7H,1-2H2. The fourth-order valence-electron chi connectivity index (χ4n) is 0.0583. The molecule has 7 heavy (non-hydrogen) atoms.